The van der Waals surface area contributed by atoms with E-state index >= 15 is 0 Å². The van der Waals surface area contributed by atoms with E-state index in [1.54, 1.807) is 0 Å². The fraction of sp³-hybridized carbons (Fsp3) is 0.462. The van der Waals surface area contributed by atoms with Crippen molar-refractivity contribution in [3.05, 3.63) is 34.3 Å². The van der Waals surface area contributed by atoms with Gasteiger partial charge in [0.15, 0.2) is 0 Å². The second-order valence-corrected chi connectivity index (χ2v) is 5.18. The summed E-state index contributed by atoms with van der Waals surface area (Å²) < 4.78 is 1.04. The average Bonchev–Trinajstić information content (AvgIpc) is 2.30. The van der Waals surface area contributed by atoms with E-state index in [1.807, 2.05) is 38.1 Å². The van der Waals surface area contributed by atoms with Crippen molar-refractivity contribution >= 4 is 21.8 Å². The van der Waals surface area contributed by atoms with Gasteiger partial charge in [-0.1, -0.05) is 35.0 Å². The van der Waals surface area contributed by atoms with Crippen molar-refractivity contribution in [3.63, 3.8) is 0 Å². The molecule has 0 bridgehead atoms. The Morgan fingerprint density at radius 2 is 1.94 bits per heavy atom. The summed E-state index contributed by atoms with van der Waals surface area (Å²) in [5, 5.41) is 2.99. The van der Waals surface area contributed by atoms with Crippen LogP contribution in [0.2, 0.25) is 0 Å². The van der Waals surface area contributed by atoms with Gasteiger partial charge in [0.1, 0.15) is 0 Å². The summed E-state index contributed by atoms with van der Waals surface area (Å²) in [6.45, 7) is 4.42. The van der Waals surface area contributed by atoms with Gasteiger partial charge in [0, 0.05) is 10.4 Å². The number of hydrogen-bond acceptors (Lipinski definition) is 2. The summed E-state index contributed by atoms with van der Waals surface area (Å²) in [4.78, 5) is 11.8. The maximum Gasteiger partial charge on any atom is 0.223 e. The van der Waals surface area contributed by atoms with Gasteiger partial charge in [0.25, 0.3) is 0 Å². The van der Waals surface area contributed by atoms with Crippen LogP contribution in [0.5, 0.6) is 0 Å². The highest BCUT2D eigenvalue weighted by Crippen LogP contribution is 2.17. The van der Waals surface area contributed by atoms with Crippen LogP contribution in [0.4, 0.5) is 0 Å². The first-order valence-electron chi connectivity index (χ1n) is 5.80. The van der Waals surface area contributed by atoms with E-state index in [2.05, 4.69) is 21.2 Å². The summed E-state index contributed by atoms with van der Waals surface area (Å²) in [6, 6.07) is 7.98. The van der Waals surface area contributed by atoms with Gasteiger partial charge in [-0.25, -0.2) is 0 Å². The Hall–Kier alpha value is -0.870. The zero-order chi connectivity index (χ0) is 12.8. The lowest BCUT2D eigenvalue weighted by Crippen LogP contribution is -2.32. The van der Waals surface area contributed by atoms with Crippen LogP contribution < -0.4 is 11.1 Å². The van der Waals surface area contributed by atoms with Gasteiger partial charge in [-0.3, -0.25) is 4.79 Å². The zero-order valence-corrected chi connectivity index (χ0v) is 11.8. The molecular formula is C13H19BrN2O. The van der Waals surface area contributed by atoms with Crippen LogP contribution >= 0.6 is 15.9 Å². The molecule has 1 amide bonds. The Bertz CT molecular complexity index is 364. The van der Waals surface area contributed by atoms with Crippen LogP contribution in [0.1, 0.15) is 31.9 Å². The van der Waals surface area contributed by atoms with Gasteiger partial charge < -0.3 is 11.1 Å². The third-order valence-corrected chi connectivity index (χ3v) is 3.30. The molecule has 94 valence electrons. The molecule has 0 saturated carbocycles. The molecule has 0 aliphatic rings. The SMILES string of the molecule is CC(CCN)C(=O)NC(C)c1ccc(Br)cc1. The van der Waals surface area contributed by atoms with Crippen molar-refractivity contribution in [1.29, 1.82) is 0 Å². The Kier molecular flexibility index (Phi) is 5.65. The molecule has 0 spiro atoms. The third kappa shape index (κ3) is 4.48. The molecule has 0 aliphatic heterocycles. The Labute approximate surface area is 111 Å². The molecule has 3 N–H and O–H groups in total. The fourth-order valence-corrected chi connectivity index (χ4v) is 1.84. The molecule has 0 aromatic heterocycles. The molecule has 1 aromatic carbocycles. The Morgan fingerprint density at radius 3 is 2.47 bits per heavy atom. The minimum absolute atomic E-state index is 0.0239. The van der Waals surface area contributed by atoms with Crippen molar-refractivity contribution in [1.82, 2.24) is 5.32 Å². The van der Waals surface area contributed by atoms with Crippen molar-refractivity contribution in [2.45, 2.75) is 26.3 Å². The maximum absolute atomic E-state index is 11.8. The monoisotopic (exact) mass is 298 g/mol. The minimum atomic E-state index is -0.0297. The number of hydrogen-bond donors (Lipinski definition) is 2. The van der Waals surface area contributed by atoms with Crippen molar-refractivity contribution < 1.29 is 4.79 Å². The first kappa shape index (κ1) is 14.2. The first-order chi connectivity index (χ1) is 8.04. The second-order valence-electron chi connectivity index (χ2n) is 4.26. The van der Waals surface area contributed by atoms with E-state index in [1.165, 1.54) is 0 Å². The number of halogens is 1. The molecule has 0 saturated heterocycles. The number of rotatable bonds is 5. The maximum atomic E-state index is 11.8. The summed E-state index contributed by atoms with van der Waals surface area (Å²) in [5.74, 6) is 0.0313. The van der Waals surface area contributed by atoms with E-state index < -0.39 is 0 Å². The van der Waals surface area contributed by atoms with E-state index in [0.717, 1.165) is 16.5 Å². The minimum Gasteiger partial charge on any atom is -0.349 e. The predicted octanol–water partition coefficient (Wildman–Crippen LogP) is 2.61. The number of carbonyl (C=O) groups excluding carboxylic acids is 1. The van der Waals surface area contributed by atoms with Crippen molar-refractivity contribution in [2.75, 3.05) is 6.54 Å². The molecule has 17 heavy (non-hydrogen) atoms. The molecule has 2 unspecified atom stereocenters. The smallest absolute Gasteiger partial charge is 0.223 e. The molecule has 1 aromatic rings. The van der Waals surface area contributed by atoms with Crippen molar-refractivity contribution in [2.24, 2.45) is 11.7 Å². The molecule has 0 fully saturated rings. The van der Waals surface area contributed by atoms with E-state index in [-0.39, 0.29) is 17.9 Å². The van der Waals surface area contributed by atoms with Crippen LogP contribution in [-0.4, -0.2) is 12.5 Å². The van der Waals surface area contributed by atoms with Crippen LogP contribution in [0, 0.1) is 5.92 Å². The van der Waals surface area contributed by atoms with Gasteiger partial charge in [-0.05, 0) is 37.6 Å². The molecular weight excluding hydrogens is 280 g/mol. The Morgan fingerprint density at radius 1 is 1.35 bits per heavy atom. The van der Waals surface area contributed by atoms with Gasteiger partial charge >= 0.3 is 0 Å². The molecule has 0 heterocycles. The van der Waals surface area contributed by atoms with Gasteiger partial charge in [-0.2, -0.15) is 0 Å². The van der Waals surface area contributed by atoms with Crippen LogP contribution in [0.25, 0.3) is 0 Å². The second kappa shape index (κ2) is 6.77. The summed E-state index contributed by atoms with van der Waals surface area (Å²) in [5.41, 5.74) is 6.54. The lowest BCUT2D eigenvalue weighted by Gasteiger charge is -2.17. The van der Waals surface area contributed by atoms with Gasteiger partial charge in [-0.15, -0.1) is 0 Å². The van der Waals surface area contributed by atoms with Crippen molar-refractivity contribution in [3.8, 4) is 0 Å². The van der Waals surface area contributed by atoms with E-state index in [0.29, 0.717) is 6.54 Å². The standard InChI is InChI=1S/C13H19BrN2O/c1-9(7-8-15)13(17)16-10(2)11-3-5-12(14)6-4-11/h3-6,9-10H,7-8,15H2,1-2H3,(H,16,17). The average molecular weight is 299 g/mol. The van der Waals surface area contributed by atoms with E-state index in [4.69, 9.17) is 5.73 Å². The van der Waals surface area contributed by atoms with Crippen LogP contribution in [0.3, 0.4) is 0 Å². The summed E-state index contributed by atoms with van der Waals surface area (Å²) in [6.07, 6.45) is 0.721. The number of benzene rings is 1. The van der Waals surface area contributed by atoms with Gasteiger partial charge in [0.05, 0.1) is 6.04 Å². The highest BCUT2D eigenvalue weighted by Gasteiger charge is 2.15. The lowest BCUT2D eigenvalue weighted by molar-refractivity contribution is -0.125. The number of carbonyl (C=O) groups is 1. The molecule has 2 atom stereocenters. The molecule has 0 radical (unpaired) electrons. The summed E-state index contributed by atoms with van der Waals surface area (Å²) >= 11 is 3.39. The normalized spacial score (nSPS) is 14.1. The van der Waals surface area contributed by atoms with E-state index in [9.17, 15) is 4.79 Å². The number of amides is 1. The molecule has 0 aliphatic carbocycles. The first-order valence-corrected chi connectivity index (χ1v) is 6.59. The zero-order valence-electron chi connectivity index (χ0n) is 10.2. The fourth-order valence-electron chi connectivity index (χ4n) is 1.57. The summed E-state index contributed by atoms with van der Waals surface area (Å²) in [7, 11) is 0. The highest BCUT2D eigenvalue weighted by atomic mass is 79.9. The predicted molar refractivity (Wildman–Crippen MR) is 73.5 cm³/mol. The Balaban J connectivity index is 2.57. The van der Waals surface area contributed by atoms with Crippen LogP contribution in [0.15, 0.2) is 28.7 Å². The highest BCUT2D eigenvalue weighted by molar-refractivity contribution is 9.10. The largest absolute Gasteiger partial charge is 0.349 e. The molecule has 3 nitrogen and oxygen atoms in total. The quantitative estimate of drug-likeness (QED) is 0.878. The van der Waals surface area contributed by atoms with Crippen LogP contribution in [-0.2, 0) is 4.79 Å². The molecule has 1 rings (SSSR count). The third-order valence-electron chi connectivity index (χ3n) is 2.78. The number of nitrogens with two attached hydrogens (primary N) is 1. The topological polar surface area (TPSA) is 55.1 Å². The number of nitrogens with one attached hydrogen (secondary N) is 1. The van der Waals surface area contributed by atoms with Gasteiger partial charge in [0.2, 0.25) is 5.91 Å². The molecule has 4 heteroatoms. The lowest BCUT2D eigenvalue weighted by atomic mass is 10.0.